The van der Waals surface area contributed by atoms with Gasteiger partial charge in [0, 0.05) is 25.1 Å². The Kier molecular flexibility index (Phi) is 6.00. The minimum atomic E-state index is -0.898. The molecule has 0 aliphatic carbocycles. The predicted octanol–water partition coefficient (Wildman–Crippen LogP) is -0.569. The quantitative estimate of drug-likeness (QED) is 0.433. The van der Waals surface area contributed by atoms with E-state index in [4.69, 9.17) is 9.47 Å². The van der Waals surface area contributed by atoms with Gasteiger partial charge in [-0.3, -0.25) is 24.5 Å². The number of fused-ring (bicyclic) bond motifs is 1. The Balaban J connectivity index is 1.35. The van der Waals surface area contributed by atoms with Gasteiger partial charge in [0.2, 0.25) is 11.8 Å². The van der Waals surface area contributed by atoms with Gasteiger partial charge >= 0.3 is 5.97 Å². The molecule has 3 aliphatic rings. The number of hydrogen-bond acceptors (Lipinski definition) is 9. The van der Waals surface area contributed by atoms with Crippen molar-refractivity contribution < 1.29 is 33.4 Å². The molecule has 36 heavy (non-hydrogen) atoms. The van der Waals surface area contributed by atoms with Gasteiger partial charge in [0.05, 0.1) is 31.7 Å². The van der Waals surface area contributed by atoms with Crippen molar-refractivity contribution in [2.45, 2.75) is 44.5 Å². The number of ether oxygens (including phenoxy) is 2. The smallest absolute Gasteiger partial charge is 0.331 e. The van der Waals surface area contributed by atoms with Crippen molar-refractivity contribution in [3.63, 3.8) is 0 Å². The molecule has 2 fully saturated rings. The Labute approximate surface area is 205 Å². The van der Waals surface area contributed by atoms with E-state index in [9.17, 15) is 24.0 Å². The Bertz CT molecular complexity index is 1270. The van der Waals surface area contributed by atoms with E-state index < -0.39 is 36.0 Å². The van der Waals surface area contributed by atoms with Crippen molar-refractivity contribution in [1.29, 1.82) is 0 Å². The van der Waals surface area contributed by atoms with Crippen LogP contribution in [0.15, 0.2) is 24.4 Å². The van der Waals surface area contributed by atoms with Gasteiger partial charge in [-0.1, -0.05) is 5.21 Å². The number of benzene rings is 1. The van der Waals surface area contributed by atoms with E-state index in [1.165, 1.54) is 27.8 Å². The number of amides is 4. The van der Waals surface area contributed by atoms with Crippen LogP contribution >= 0.6 is 0 Å². The normalized spacial score (nSPS) is 23.9. The summed E-state index contributed by atoms with van der Waals surface area (Å²) in [7, 11) is 1.25. The highest BCUT2D eigenvalue weighted by atomic mass is 16.5. The SMILES string of the molecule is COC(=O)[C@@H]1[C@@H](C)OCCN1C(=O)c1cn(-c2ccc3c(c2)CN(C2CCC(=O)NC2=O)C3=O)nn1. The lowest BCUT2D eigenvalue weighted by atomic mass is 10.0. The van der Waals surface area contributed by atoms with Crippen LogP contribution < -0.4 is 5.32 Å². The maximum absolute atomic E-state index is 13.2. The molecule has 0 saturated carbocycles. The van der Waals surface area contributed by atoms with Crippen LogP contribution in [0, 0.1) is 0 Å². The van der Waals surface area contributed by atoms with Gasteiger partial charge in [0.1, 0.15) is 6.04 Å². The molecule has 1 aromatic carbocycles. The topological polar surface area (TPSA) is 153 Å². The predicted molar refractivity (Wildman–Crippen MR) is 120 cm³/mol. The second-order valence-corrected chi connectivity index (χ2v) is 8.83. The summed E-state index contributed by atoms with van der Waals surface area (Å²) in [5, 5.41) is 10.3. The molecule has 4 heterocycles. The van der Waals surface area contributed by atoms with Gasteiger partial charge < -0.3 is 19.3 Å². The molecule has 5 rings (SSSR count). The summed E-state index contributed by atoms with van der Waals surface area (Å²) in [6.45, 7) is 2.38. The fourth-order valence-corrected chi connectivity index (χ4v) is 4.83. The number of nitrogens with zero attached hydrogens (tertiary/aromatic N) is 5. The summed E-state index contributed by atoms with van der Waals surface area (Å²) in [4.78, 5) is 64.9. The van der Waals surface area contributed by atoms with Crippen molar-refractivity contribution >= 4 is 29.6 Å². The molecule has 188 valence electrons. The van der Waals surface area contributed by atoms with Crippen LogP contribution in [0.5, 0.6) is 0 Å². The van der Waals surface area contributed by atoms with Gasteiger partial charge in [0.15, 0.2) is 11.7 Å². The van der Waals surface area contributed by atoms with Gasteiger partial charge in [-0.15, -0.1) is 5.10 Å². The second-order valence-electron chi connectivity index (χ2n) is 8.83. The molecule has 0 bridgehead atoms. The van der Waals surface area contributed by atoms with Gasteiger partial charge in [-0.25, -0.2) is 9.48 Å². The lowest BCUT2D eigenvalue weighted by Crippen LogP contribution is -2.56. The molecule has 1 N–H and O–H groups in total. The molecule has 0 radical (unpaired) electrons. The highest BCUT2D eigenvalue weighted by molar-refractivity contribution is 6.05. The van der Waals surface area contributed by atoms with Crippen molar-refractivity contribution in [2.75, 3.05) is 20.3 Å². The van der Waals surface area contributed by atoms with Crippen LogP contribution in [0.1, 0.15) is 46.2 Å². The van der Waals surface area contributed by atoms with E-state index in [0.29, 0.717) is 16.8 Å². The molecular formula is C23H24N6O7. The van der Waals surface area contributed by atoms with Crippen molar-refractivity contribution in [2.24, 2.45) is 0 Å². The molecule has 0 spiro atoms. The summed E-state index contributed by atoms with van der Waals surface area (Å²) >= 11 is 0. The first kappa shape index (κ1) is 23.6. The number of carbonyl (C=O) groups is 5. The van der Waals surface area contributed by atoms with Crippen LogP contribution in [0.2, 0.25) is 0 Å². The number of carbonyl (C=O) groups excluding carboxylic acids is 5. The zero-order chi connectivity index (χ0) is 25.6. The number of rotatable bonds is 4. The third kappa shape index (κ3) is 4.00. The van der Waals surface area contributed by atoms with Gasteiger partial charge in [-0.05, 0) is 37.1 Å². The Hall–Kier alpha value is -4.13. The van der Waals surface area contributed by atoms with Crippen LogP contribution in [0.4, 0.5) is 0 Å². The number of imide groups is 1. The van der Waals surface area contributed by atoms with E-state index in [-0.39, 0.29) is 50.0 Å². The molecule has 3 atom stereocenters. The Morgan fingerprint density at radius 1 is 1.22 bits per heavy atom. The molecule has 3 aliphatic heterocycles. The maximum atomic E-state index is 13.2. The lowest BCUT2D eigenvalue weighted by Gasteiger charge is -2.37. The molecular weight excluding hydrogens is 472 g/mol. The van der Waals surface area contributed by atoms with E-state index in [1.54, 1.807) is 25.1 Å². The summed E-state index contributed by atoms with van der Waals surface area (Å²) in [6, 6.07) is 3.45. The highest BCUT2D eigenvalue weighted by Gasteiger charge is 2.41. The lowest BCUT2D eigenvalue weighted by molar-refractivity contribution is -0.156. The summed E-state index contributed by atoms with van der Waals surface area (Å²) in [6.07, 6.45) is 1.37. The number of hydrogen-bond donors (Lipinski definition) is 1. The number of piperidine rings is 1. The van der Waals surface area contributed by atoms with Gasteiger partial charge in [-0.2, -0.15) is 0 Å². The number of methoxy groups -OCH3 is 1. The molecule has 2 saturated heterocycles. The standard InChI is InChI=1S/C23H24N6O7/c1-12-19(23(34)35-2)27(7-8-36-12)22(33)16-11-29(26-25-16)14-3-4-15-13(9-14)10-28(21(15)32)17-5-6-18(30)24-20(17)31/h3-4,9,11-12,17,19H,5-8,10H2,1-2H3,(H,24,30,31)/t12-,17?,19+/m1/s1. The van der Waals surface area contributed by atoms with E-state index in [0.717, 1.165) is 0 Å². The Morgan fingerprint density at radius 2 is 2.03 bits per heavy atom. The first-order valence-electron chi connectivity index (χ1n) is 11.5. The first-order valence-corrected chi connectivity index (χ1v) is 11.5. The molecule has 1 unspecified atom stereocenters. The fourth-order valence-electron chi connectivity index (χ4n) is 4.83. The number of nitrogens with one attached hydrogen (secondary N) is 1. The third-order valence-corrected chi connectivity index (χ3v) is 6.68. The summed E-state index contributed by atoms with van der Waals surface area (Å²) < 4.78 is 11.8. The summed E-state index contributed by atoms with van der Waals surface area (Å²) in [5.41, 5.74) is 1.76. The monoisotopic (exact) mass is 496 g/mol. The van der Waals surface area contributed by atoms with Crippen molar-refractivity contribution in [3.05, 3.63) is 41.2 Å². The van der Waals surface area contributed by atoms with Crippen LogP contribution in [-0.4, -0.2) is 92.8 Å². The largest absolute Gasteiger partial charge is 0.467 e. The van der Waals surface area contributed by atoms with Crippen LogP contribution in [0.25, 0.3) is 5.69 Å². The first-order chi connectivity index (χ1) is 17.3. The number of esters is 1. The van der Waals surface area contributed by atoms with Gasteiger partial charge in [0.25, 0.3) is 11.8 Å². The highest BCUT2D eigenvalue weighted by Crippen LogP contribution is 2.29. The maximum Gasteiger partial charge on any atom is 0.331 e. The minimum Gasteiger partial charge on any atom is -0.467 e. The molecule has 4 amide bonds. The molecule has 1 aromatic heterocycles. The summed E-state index contributed by atoms with van der Waals surface area (Å²) in [5.74, 6) is -2.16. The number of aromatic nitrogens is 3. The Morgan fingerprint density at radius 3 is 2.78 bits per heavy atom. The average molecular weight is 496 g/mol. The van der Waals surface area contributed by atoms with E-state index >= 15 is 0 Å². The third-order valence-electron chi connectivity index (χ3n) is 6.68. The molecule has 2 aromatic rings. The van der Waals surface area contributed by atoms with Crippen molar-refractivity contribution in [3.8, 4) is 5.69 Å². The molecule has 13 heteroatoms. The van der Waals surface area contributed by atoms with E-state index in [1.807, 2.05) is 0 Å². The molecule has 13 nitrogen and oxygen atoms in total. The number of morpholine rings is 1. The second kappa shape index (κ2) is 9.15. The van der Waals surface area contributed by atoms with Crippen LogP contribution in [-0.2, 0) is 30.4 Å². The zero-order valence-corrected chi connectivity index (χ0v) is 19.7. The fraction of sp³-hybridized carbons (Fsp3) is 0.435. The minimum absolute atomic E-state index is 0.0414. The average Bonchev–Trinajstić information content (AvgIpc) is 3.48. The van der Waals surface area contributed by atoms with E-state index in [2.05, 4.69) is 15.6 Å². The van der Waals surface area contributed by atoms with Crippen LogP contribution in [0.3, 0.4) is 0 Å². The zero-order valence-electron chi connectivity index (χ0n) is 19.7. The van der Waals surface area contributed by atoms with Crippen molar-refractivity contribution in [1.82, 2.24) is 30.1 Å².